The Morgan fingerprint density at radius 2 is 2.07 bits per heavy atom. The van der Waals surface area contributed by atoms with E-state index in [9.17, 15) is 0 Å². The normalized spacial score (nSPS) is 25.3. The highest BCUT2D eigenvalue weighted by Gasteiger charge is 2.12. The Hall–Kier alpha value is -0.240. The molecule has 1 rings (SSSR count). The molecular weight excluding hydrogens is 180 g/mol. The molecule has 0 aromatic heterocycles. The molecule has 84 valence electrons. The van der Waals surface area contributed by atoms with Crippen molar-refractivity contribution in [3.05, 3.63) is 0 Å². The van der Waals surface area contributed by atoms with Crippen LogP contribution < -0.4 is 33.2 Å². The molecule has 6 nitrogen and oxygen atoms in total. The zero-order valence-corrected chi connectivity index (χ0v) is 8.50. The van der Waals surface area contributed by atoms with Crippen LogP contribution in [0.25, 0.3) is 0 Å². The molecule has 9 N–H and O–H groups in total. The third-order valence-electron chi connectivity index (χ3n) is 2.40. The summed E-state index contributed by atoms with van der Waals surface area (Å²) < 4.78 is 0. The Bertz CT molecular complexity index is 145. The Balaban J connectivity index is 2.02. The molecule has 0 aromatic rings. The van der Waals surface area contributed by atoms with Gasteiger partial charge in [0.25, 0.3) is 0 Å². The van der Waals surface area contributed by atoms with Gasteiger partial charge in [-0.3, -0.25) is 5.32 Å². The molecule has 2 atom stereocenters. The number of hydrogen-bond acceptors (Lipinski definition) is 6. The summed E-state index contributed by atoms with van der Waals surface area (Å²) >= 11 is 0. The van der Waals surface area contributed by atoms with Crippen LogP contribution in [0.2, 0.25) is 0 Å². The monoisotopic (exact) mass is 202 g/mol. The molecule has 1 heterocycles. The van der Waals surface area contributed by atoms with Crippen LogP contribution >= 0.6 is 0 Å². The van der Waals surface area contributed by atoms with E-state index >= 15 is 0 Å². The molecule has 6 heteroatoms. The number of rotatable bonds is 5. The van der Waals surface area contributed by atoms with E-state index in [1.807, 2.05) is 0 Å². The molecule has 14 heavy (non-hydrogen) atoms. The quantitative estimate of drug-likeness (QED) is 0.266. The number of nitrogens with two attached hydrogens (primary N) is 3. The fourth-order valence-electron chi connectivity index (χ4n) is 1.41. The maximum Gasteiger partial charge on any atom is 0.0700 e. The lowest BCUT2D eigenvalue weighted by Crippen LogP contribution is -2.56. The molecule has 1 aliphatic heterocycles. The van der Waals surface area contributed by atoms with Crippen molar-refractivity contribution >= 4 is 0 Å². The van der Waals surface area contributed by atoms with Crippen molar-refractivity contribution in [1.29, 1.82) is 0 Å². The predicted molar refractivity (Wildman–Crippen MR) is 57.4 cm³/mol. The van der Waals surface area contributed by atoms with Crippen LogP contribution in [0.4, 0.5) is 0 Å². The van der Waals surface area contributed by atoms with Crippen LogP contribution in [0.1, 0.15) is 6.42 Å². The predicted octanol–water partition coefficient (Wildman–Crippen LogP) is -2.94. The Labute approximate surface area is 85.0 Å². The van der Waals surface area contributed by atoms with Crippen LogP contribution in [0, 0.1) is 0 Å². The van der Waals surface area contributed by atoms with Gasteiger partial charge < -0.3 is 27.8 Å². The van der Waals surface area contributed by atoms with E-state index in [4.69, 9.17) is 17.2 Å². The van der Waals surface area contributed by atoms with Crippen molar-refractivity contribution in [2.45, 2.75) is 24.8 Å². The summed E-state index contributed by atoms with van der Waals surface area (Å²) in [4.78, 5) is 0. The van der Waals surface area contributed by atoms with E-state index < -0.39 is 6.17 Å². The van der Waals surface area contributed by atoms with Gasteiger partial charge in [0.2, 0.25) is 0 Å². The van der Waals surface area contributed by atoms with Crippen molar-refractivity contribution in [2.24, 2.45) is 17.2 Å². The van der Waals surface area contributed by atoms with E-state index in [2.05, 4.69) is 16.0 Å². The van der Waals surface area contributed by atoms with Crippen molar-refractivity contribution in [3.63, 3.8) is 0 Å². The summed E-state index contributed by atoms with van der Waals surface area (Å²) in [6.07, 6.45) is 0.717. The van der Waals surface area contributed by atoms with Gasteiger partial charge in [0, 0.05) is 25.7 Å². The first-order chi connectivity index (χ1) is 6.70. The van der Waals surface area contributed by atoms with Crippen molar-refractivity contribution in [3.8, 4) is 0 Å². The molecule has 0 amide bonds. The molecule has 2 unspecified atom stereocenters. The van der Waals surface area contributed by atoms with Crippen molar-refractivity contribution < 1.29 is 0 Å². The third-order valence-corrected chi connectivity index (χ3v) is 2.40. The lowest BCUT2D eigenvalue weighted by Gasteiger charge is -2.26. The summed E-state index contributed by atoms with van der Waals surface area (Å²) in [6.45, 7) is 3.82. The highest BCUT2D eigenvalue weighted by Crippen LogP contribution is 1.88. The Morgan fingerprint density at radius 1 is 1.29 bits per heavy atom. The topological polar surface area (TPSA) is 114 Å². The lowest BCUT2D eigenvalue weighted by molar-refractivity contribution is 0.350. The van der Waals surface area contributed by atoms with Gasteiger partial charge in [0.1, 0.15) is 0 Å². The molecule has 1 fully saturated rings. The first kappa shape index (κ1) is 11.8. The molecule has 0 aliphatic carbocycles. The van der Waals surface area contributed by atoms with Gasteiger partial charge in [-0.25, -0.2) is 0 Å². The summed E-state index contributed by atoms with van der Waals surface area (Å²) in [5.74, 6) is 0. The van der Waals surface area contributed by atoms with Crippen LogP contribution in [-0.4, -0.2) is 44.6 Å². The first-order valence-electron chi connectivity index (χ1n) is 5.14. The minimum atomic E-state index is -0.422. The number of piperazine rings is 1. The largest absolute Gasteiger partial charge is 0.325 e. The van der Waals surface area contributed by atoms with Gasteiger partial charge >= 0.3 is 0 Å². The zero-order valence-electron chi connectivity index (χ0n) is 8.50. The molecule has 0 spiro atoms. The van der Waals surface area contributed by atoms with Crippen LogP contribution in [-0.2, 0) is 0 Å². The van der Waals surface area contributed by atoms with E-state index in [1.54, 1.807) is 0 Å². The van der Waals surface area contributed by atoms with Crippen LogP contribution in [0.15, 0.2) is 0 Å². The zero-order chi connectivity index (χ0) is 10.4. The van der Waals surface area contributed by atoms with E-state index in [-0.39, 0.29) is 6.04 Å². The van der Waals surface area contributed by atoms with E-state index in [1.165, 1.54) is 0 Å². The molecule has 0 aromatic carbocycles. The van der Waals surface area contributed by atoms with Gasteiger partial charge in [0.15, 0.2) is 0 Å². The molecule has 1 aliphatic rings. The van der Waals surface area contributed by atoms with E-state index in [0.717, 1.165) is 32.6 Å². The second kappa shape index (κ2) is 6.28. The van der Waals surface area contributed by atoms with Crippen molar-refractivity contribution in [1.82, 2.24) is 16.0 Å². The Morgan fingerprint density at radius 3 is 2.64 bits per heavy atom. The summed E-state index contributed by atoms with van der Waals surface area (Å²) in [5, 5.41) is 9.98. The van der Waals surface area contributed by atoms with Crippen molar-refractivity contribution in [2.75, 3.05) is 26.2 Å². The minimum absolute atomic E-state index is 0.126. The highest BCUT2D eigenvalue weighted by atomic mass is 15.2. The fourth-order valence-corrected chi connectivity index (χ4v) is 1.41. The number of nitrogens with one attached hydrogen (secondary N) is 3. The first-order valence-corrected chi connectivity index (χ1v) is 5.14. The average molecular weight is 202 g/mol. The SMILES string of the molecule is NC(N)C(N)CCNC1CNCCN1. The Kier molecular flexibility index (Phi) is 5.31. The van der Waals surface area contributed by atoms with Crippen LogP contribution in [0.3, 0.4) is 0 Å². The smallest absolute Gasteiger partial charge is 0.0700 e. The molecule has 1 saturated heterocycles. The van der Waals surface area contributed by atoms with Gasteiger partial charge in [-0.05, 0) is 13.0 Å². The standard InChI is InChI=1S/C8H22N6/c9-6(8(10)11)1-2-13-7-5-12-3-4-14-7/h6-8,12-14H,1-5,9-11H2. The maximum atomic E-state index is 5.71. The maximum absolute atomic E-state index is 5.71. The molecule has 0 bridgehead atoms. The summed E-state index contributed by atoms with van der Waals surface area (Å²) in [7, 11) is 0. The molecular formula is C8H22N6. The second-order valence-corrected chi connectivity index (χ2v) is 3.69. The molecule has 0 saturated carbocycles. The highest BCUT2D eigenvalue weighted by molar-refractivity contribution is 4.76. The molecule has 0 radical (unpaired) electrons. The summed E-state index contributed by atoms with van der Waals surface area (Å²) in [6, 6.07) is -0.126. The lowest BCUT2D eigenvalue weighted by atomic mass is 10.2. The van der Waals surface area contributed by atoms with Crippen LogP contribution in [0.5, 0.6) is 0 Å². The second-order valence-electron chi connectivity index (χ2n) is 3.69. The van der Waals surface area contributed by atoms with Gasteiger partial charge in [-0.1, -0.05) is 0 Å². The third kappa shape index (κ3) is 4.32. The fraction of sp³-hybridized carbons (Fsp3) is 1.00. The van der Waals surface area contributed by atoms with E-state index in [0.29, 0.717) is 6.17 Å². The van der Waals surface area contributed by atoms with Gasteiger partial charge in [0.05, 0.1) is 12.3 Å². The number of hydrogen-bond donors (Lipinski definition) is 6. The minimum Gasteiger partial charge on any atom is -0.325 e. The van der Waals surface area contributed by atoms with Gasteiger partial charge in [-0.2, -0.15) is 0 Å². The average Bonchev–Trinajstić information content (AvgIpc) is 2.19. The summed E-state index contributed by atoms with van der Waals surface area (Å²) in [5.41, 5.74) is 16.6. The van der Waals surface area contributed by atoms with Gasteiger partial charge in [-0.15, -0.1) is 0 Å².